The summed E-state index contributed by atoms with van der Waals surface area (Å²) in [4.78, 5) is 12.5. The molecule has 0 heterocycles. The van der Waals surface area contributed by atoms with Crippen molar-refractivity contribution in [3.05, 3.63) is 64.2 Å². The highest BCUT2D eigenvalue weighted by atomic mass is 16.1. The van der Waals surface area contributed by atoms with Crippen LogP contribution >= 0.6 is 0 Å². The summed E-state index contributed by atoms with van der Waals surface area (Å²) in [6.07, 6.45) is 0.997. The monoisotopic (exact) mass is 295 g/mol. The number of carbonyl (C=O) groups is 1. The molecule has 0 unspecified atom stereocenters. The van der Waals surface area contributed by atoms with E-state index in [4.69, 9.17) is 0 Å². The van der Waals surface area contributed by atoms with Crippen molar-refractivity contribution in [2.75, 3.05) is 5.32 Å². The molecule has 0 aromatic heterocycles. The fourth-order valence-corrected chi connectivity index (χ4v) is 2.72. The molecule has 0 atom stereocenters. The number of anilines is 1. The molecule has 2 nitrogen and oxygen atoms in total. The lowest BCUT2D eigenvalue weighted by atomic mass is 9.96. The predicted octanol–water partition coefficient (Wildman–Crippen LogP) is 5.06. The summed E-state index contributed by atoms with van der Waals surface area (Å²) in [5.41, 5.74) is 6.38. The van der Waals surface area contributed by atoms with Gasteiger partial charge in [-0.1, -0.05) is 26.0 Å². The molecular weight excluding hydrogens is 270 g/mol. The summed E-state index contributed by atoms with van der Waals surface area (Å²) in [6.45, 7) is 10.6. The van der Waals surface area contributed by atoms with Crippen LogP contribution < -0.4 is 5.32 Å². The average Bonchev–Trinajstić information content (AvgIpc) is 2.39. The topological polar surface area (TPSA) is 29.1 Å². The van der Waals surface area contributed by atoms with Crippen LogP contribution in [0.1, 0.15) is 46.5 Å². The molecule has 1 N–H and O–H groups in total. The lowest BCUT2D eigenvalue weighted by Crippen LogP contribution is -2.13. The Bertz CT molecular complexity index is 666. The van der Waals surface area contributed by atoms with Gasteiger partial charge in [0.1, 0.15) is 0 Å². The van der Waals surface area contributed by atoms with Crippen LogP contribution in [0.4, 0.5) is 5.69 Å². The minimum Gasteiger partial charge on any atom is -0.322 e. The van der Waals surface area contributed by atoms with Crippen LogP contribution in [0, 0.1) is 26.7 Å². The van der Waals surface area contributed by atoms with Crippen molar-refractivity contribution in [2.24, 2.45) is 5.92 Å². The zero-order chi connectivity index (χ0) is 16.3. The van der Waals surface area contributed by atoms with Crippen molar-refractivity contribution in [3.63, 3.8) is 0 Å². The lowest BCUT2D eigenvalue weighted by molar-refractivity contribution is 0.102. The van der Waals surface area contributed by atoms with E-state index in [2.05, 4.69) is 32.2 Å². The average molecular weight is 295 g/mol. The van der Waals surface area contributed by atoms with Gasteiger partial charge < -0.3 is 5.32 Å². The largest absolute Gasteiger partial charge is 0.322 e. The maximum absolute atomic E-state index is 12.5. The summed E-state index contributed by atoms with van der Waals surface area (Å²) >= 11 is 0. The number of amides is 1. The van der Waals surface area contributed by atoms with E-state index in [0.717, 1.165) is 28.8 Å². The van der Waals surface area contributed by atoms with Gasteiger partial charge >= 0.3 is 0 Å². The summed E-state index contributed by atoms with van der Waals surface area (Å²) in [6, 6.07) is 12.0. The second-order valence-corrected chi connectivity index (χ2v) is 6.57. The number of hydrogen-bond donors (Lipinski definition) is 1. The maximum Gasteiger partial charge on any atom is 0.255 e. The van der Waals surface area contributed by atoms with Crippen LogP contribution in [-0.2, 0) is 6.42 Å². The molecule has 0 fully saturated rings. The molecule has 116 valence electrons. The molecular formula is C20H25NO. The fourth-order valence-electron chi connectivity index (χ4n) is 2.72. The first-order chi connectivity index (χ1) is 10.3. The Labute approximate surface area is 133 Å². The molecule has 0 aliphatic heterocycles. The van der Waals surface area contributed by atoms with Crippen LogP contribution in [0.2, 0.25) is 0 Å². The highest BCUT2D eigenvalue weighted by Gasteiger charge is 2.10. The van der Waals surface area contributed by atoms with Gasteiger partial charge in [0, 0.05) is 11.3 Å². The van der Waals surface area contributed by atoms with Crippen LogP contribution in [-0.4, -0.2) is 5.91 Å². The maximum atomic E-state index is 12.5. The molecule has 22 heavy (non-hydrogen) atoms. The number of hydrogen-bond acceptors (Lipinski definition) is 1. The zero-order valence-electron chi connectivity index (χ0n) is 14.2. The first-order valence-electron chi connectivity index (χ1n) is 7.84. The van der Waals surface area contributed by atoms with Crippen molar-refractivity contribution in [1.82, 2.24) is 0 Å². The van der Waals surface area contributed by atoms with Crippen LogP contribution in [0.15, 0.2) is 36.4 Å². The Morgan fingerprint density at radius 1 is 1.00 bits per heavy atom. The molecule has 0 radical (unpaired) electrons. The highest BCUT2D eigenvalue weighted by Crippen LogP contribution is 2.18. The van der Waals surface area contributed by atoms with Crippen molar-refractivity contribution >= 4 is 11.6 Å². The van der Waals surface area contributed by atoms with Crippen molar-refractivity contribution in [1.29, 1.82) is 0 Å². The smallest absolute Gasteiger partial charge is 0.255 e. The molecule has 0 aliphatic carbocycles. The van der Waals surface area contributed by atoms with E-state index < -0.39 is 0 Å². The molecule has 0 saturated carbocycles. The fraction of sp³-hybridized carbons (Fsp3) is 0.350. The molecule has 0 bridgehead atoms. The van der Waals surface area contributed by atoms with E-state index in [1.165, 1.54) is 11.1 Å². The molecule has 0 saturated heterocycles. The van der Waals surface area contributed by atoms with E-state index in [1.807, 2.05) is 44.2 Å². The van der Waals surface area contributed by atoms with Crippen LogP contribution in [0.5, 0.6) is 0 Å². The van der Waals surface area contributed by atoms with Crippen LogP contribution in [0.25, 0.3) is 0 Å². The third-order valence-electron chi connectivity index (χ3n) is 3.72. The van der Waals surface area contributed by atoms with E-state index in [-0.39, 0.29) is 5.91 Å². The van der Waals surface area contributed by atoms with E-state index in [0.29, 0.717) is 5.92 Å². The summed E-state index contributed by atoms with van der Waals surface area (Å²) in [7, 11) is 0. The van der Waals surface area contributed by atoms with Gasteiger partial charge in [-0.15, -0.1) is 0 Å². The number of benzene rings is 2. The van der Waals surface area contributed by atoms with E-state index in [1.54, 1.807) is 0 Å². The van der Waals surface area contributed by atoms with Crippen molar-refractivity contribution < 1.29 is 4.79 Å². The van der Waals surface area contributed by atoms with Gasteiger partial charge in [-0.2, -0.15) is 0 Å². The third-order valence-corrected chi connectivity index (χ3v) is 3.72. The van der Waals surface area contributed by atoms with Crippen molar-refractivity contribution in [2.45, 2.75) is 41.0 Å². The molecule has 2 aromatic carbocycles. The minimum atomic E-state index is -0.0463. The molecule has 0 aliphatic rings. The summed E-state index contributed by atoms with van der Waals surface area (Å²) < 4.78 is 0. The predicted molar refractivity (Wildman–Crippen MR) is 93.6 cm³/mol. The van der Waals surface area contributed by atoms with Gasteiger partial charge in [0.15, 0.2) is 0 Å². The SMILES string of the molecule is Cc1cc(C)cc(NC(=O)c2ccc(C)c(CC(C)C)c2)c1. The first-order valence-corrected chi connectivity index (χ1v) is 7.84. The number of carbonyl (C=O) groups excluding carboxylic acids is 1. The summed E-state index contributed by atoms with van der Waals surface area (Å²) in [5.74, 6) is 0.534. The number of nitrogens with one attached hydrogen (secondary N) is 1. The standard InChI is InChI=1S/C20H25NO/c1-13(2)8-18-12-17(7-6-16(18)5)20(22)21-19-10-14(3)9-15(4)11-19/h6-7,9-13H,8H2,1-5H3,(H,21,22). The Hall–Kier alpha value is -2.09. The zero-order valence-corrected chi connectivity index (χ0v) is 14.2. The number of aryl methyl sites for hydroxylation is 3. The van der Waals surface area contributed by atoms with Gasteiger partial charge in [-0.3, -0.25) is 4.79 Å². The van der Waals surface area contributed by atoms with Gasteiger partial charge in [-0.25, -0.2) is 0 Å². The van der Waals surface area contributed by atoms with Gasteiger partial charge in [-0.05, 0) is 79.6 Å². The van der Waals surface area contributed by atoms with Gasteiger partial charge in [0.25, 0.3) is 5.91 Å². The number of rotatable bonds is 4. The van der Waals surface area contributed by atoms with Gasteiger partial charge in [0.05, 0.1) is 0 Å². The Kier molecular flexibility index (Phi) is 5.02. The molecule has 2 aromatic rings. The second kappa shape index (κ2) is 6.78. The Morgan fingerprint density at radius 3 is 2.23 bits per heavy atom. The molecule has 2 rings (SSSR count). The Morgan fingerprint density at radius 2 is 1.64 bits per heavy atom. The van der Waals surface area contributed by atoms with Crippen molar-refractivity contribution in [3.8, 4) is 0 Å². The minimum absolute atomic E-state index is 0.0463. The van der Waals surface area contributed by atoms with E-state index in [9.17, 15) is 4.79 Å². The molecule has 2 heteroatoms. The summed E-state index contributed by atoms with van der Waals surface area (Å²) in [5, 5.41) is 3.00. The Balaban J connectivity index is 2.22. The van der Waals surface area contributed by atoms with Gasteiger partial charge in [0.2, 0.25) is 0 Å². The lowest BCUT2D eigenvalue weighted by Gasteiger charge is -2.12. The molecule has 0 spiro atoms. The normalized spacial score (nSPS) is 10.8. The molecule has 1 amide bonds. The van der Waals surface area contributed by atoms with E-state index >= 15 is 0 Å². The third kappa shape index (κ3) is 4.20. The van der Waals surface area contributed by atoms with Crippen LogP contribution in [0.3, 0.4) is 0 Å². The highest BCUT2D eigenvalue weighted by molar-refractivity contribution is 6.04. The second-order valence-electron chi connectivity index (χ2n) is 6.57. The quantitative estimate of drug-likeness (QED) is 0.839. The first kappa shape index (κ1) is 16.3.